The average molecular weight is 280 g/mol. The molecule has 0 saturated carbocycles. The van der Waals surface area contributed by atoms with E-state index in [0.29, 0.717) is 52.5 Å². The van der Waals surface area contributed by atoms with Gasteiger partial charge in [0.25, 0.3) is 0 Å². The van der Waals surface area contributed by atoms with E-state index < -0.39 is 0 Å². The van der Waals surface area contributed by atoms with Gasteiger partial charge in [-0.2, -0.15) is 0 Å². The Bertz CT molecular complexity index is 156. The Morgan fingerprint density at radius 2 is 0.842 bits per heavy atom. The van der Waals surface area contributed by atoms with Crippen molar-refractivity contribution in [2.45, 2.75) is 0 Å². The van der Waals surface area contributed by atoms with E-state index in [1.54, 1.807) is 0 Å². The molecule has 116 valence electrons. The zero-order chi connectivity index (χ0) is 14.3. The van der Waals surface area contributed by atoms with E-state index in [1.807, 2.05) is 9.80 Å². The Morgan fingerprint density at radius 1 is 0.526 bits per heavy atom. The van der Waals surface area contributed by atoms with Gasteiger partial charge in [0.15, 0.2) is 0 Å². The van der Waals surface area contributed by atoms with Gasteiger partial charge in [-0.05, 0) is 0 Å². The van der Waals surface area contributed by atoms with Crippen molar-refractivity contribution < 1.29 is 25.2 Å². The van der Waals surface area contributed by atoms with Crippen LogP contribution in [0.25, 0.3) is 0 Å². The molecule has 4 N–H and O–H groups in total. The van der Waals surface area contributed by atoms with Crippen LogP contribution in [-0.4, -0.2) is 109 Å². The van der Waals surface area contributed by atoms with Gasteiger partial charge in [-0.1, -0.05) is 0 Å². The largest absolute Gasteiger partial charge is 0.395 e. The number of hydrogen-bond donors (Lipinski definition) is 4. The normalized spacial score (nSPS) is 11.7. The lowest BCUT2D eigenvalue weighted by atomic mass is 10.4. The zero-order valence-corrected chi connectivity index (χ0v) is 11.6. The molecule has 0 rings (SSSR count). The Kier molecular flexibility index (Phi) is 13.9. The smallest absolute Gasteiger partial charge is 0.0594 e. The van der Waals surface area contributed by atoms with Gasteiger partial charge in [0, 0.05) is 39.3 Å². The van der Waals surface area contributed by atoms with Gasteiger partial charge in [-0.25, -0.2) is 0 Å². The second kappa shape index (κ2) is 14.1. The summed E-state index contributed by atoms with van der Waals surface area (Å²) in [5.74, 6) is 0. The number of aliphatic hydroxyl groups excluding tert-OH is 4. The third-order valence-corrected chi connectivity index (χ3v) is 2.77. The summed E-state index contributed by atoms with van der Waals surface area (Å²) in [7, 11) is 0. The fourth-order valence-corrected chi connectivity index (χ4v) is 1.73. The third kappa shape index (κ3) is 11.3. The number of aliphatic hydroxyl groups is 4. The van der Waals surface area contributed by atoms with Gasteiger partial charge in [-0.3, -0.25) is 9.80 Å². The summed E-state index contributed by atoms with van der Waals surface area (Å²) in [5, 5.41) is 35.4. The van der Waals surface area contributed by atoms with Crippen LogP contribution in [0.5, 0.6) is 0 Å². The summed E-state index contributed by atoms with van der Waals surface area (Å²) in [6.07, 6.45) is 0. The molecule has 0 radical (unpaired) electrons. The molecule has 0 amide bonds. The van der Waals surface area contributed by atoms with Gasteiger partial charge in [0.1, 0.15) is 0 Å². The van der Waals surface area contributed by atoms with Gasteiger partial charge < -0.3 is 25.2 Å². The maximum atomic E-state index is 8.84. The van der Waals surface area contributed by atoms with Crippen LogP contribution in [0.2, 0.25) is 0 Å². The Labute approximate surface area is 115 Å². The predicted molar refractivity (Wildman–Crippen MR) is 72.0 cm³/mol. The highest BCUT2D eigenvalue weighted by Gasteiger charge is 2.05. The second-order valence-electron chi connectivity index (χ2n) is 4.19. The molecule has 0 bridgehead atoms. The van der Waals surface area contributed by atoms with Crippen LogP contribution in [0.15, 0.2) is 0 Å². The number of nitrogens with zero attached hydrogens (tertiary/aromatic N) is 2. The van der Waals surface area contributed by atoms with Crippen molar-refractivity contribution in [3.63, 3.8) is 0 Å². The van der Waals surface area contributed by atoms with E-state index in [9.17, 15) is 0 Å². The van der Waals surface area contributed by atoms with Crippen LogP contribution >= 0.6 is 0 Å². The highest BCUT2D eigenvalue weighted by Crippen LogP contribution is 1.90. The van der Waals surface area contributed by atoms with Gasteiger partial charge in [-0.15, -0.1) is 0 Å². The van der Waals surface area contributed by atoms with Crippen LogP contribution in [-0.2, 0) is 4.74 Å². The van der Waals surface area contributed by atoms with E-state index >= 15 is 0 Å². The molecular formula is C12H28N2O5. The van der Waals surface area contributed by atoms with E-state index in [2.05, 4.69) is 0 Å². The molecule has 0 fully saturated rings. The lowest BCUT2D eigenvalue weighted by molar-refractivity contribution is 0.0646. The molecular weight excluding hydrogens is 252 g/mol. The maximum absolute atomic E-state index is 8.84. The standard InChI is InChI=1S/C12H28N2O5/c15-7-1-13(2-8-16)5-11-19-12-6-14(3-9-17)4-10-18/h15-18H,1-12H2. The molecule has 0 atom stereocenters. The predicted octanol–water partition coefficient (Wildman–Crippen LogP) is -2.42. The highest BCUT2D eigenvalue weighted by atomic mass is 16.5. The van der Waals surface area contributed by atoms with Crippen LogP contribution < -0.4 is 0 Å². The Morgan fingerprint density at radius 3 is 1.11 bits per heavy atom. The van der Waals surface area contributed by atoms with E-state index in [-0.39, 0.29) is 26.4 Å². The second-order valence-corrected chi connectivity index (χ2v) is 4.19. The van der Waals surface area contributed by atoms with Crippen molar-refractivity contribution in [1.29, 1.82) is 0 Å². The van der Waals surface area contributed by atoms with Crippen molar-refractivity contribution in [2.24, 2.45) is 0 Å². The van der Waals surface area contributed by atoms with E-state index in [1.165, 1.54) is 0 Å². The molecule has 0 aliphatic heterocycles. The fourth-order valence-electron chi connectivity index (χ4n) is 1.73. The van der Waals surface area contributed by atoms with Crippen molar-refractivity contribution in [3.05, 3.63) is 0 Å². The first kappa shape index (κ1) is 18.7. The lowest BCUT2D eigenvalue weighted by Gasteiger charge is -2.22. The Hall–Kier alpha value is -0.280. The average Bonchev–Trinajstić information content (AvgIpc) is 2.39. The summed E-state index contributed by atoms with van der Waals surface area (Å²) >= 11 is 0. The van der Waals surface area contributed by atoms with Crippen molar-refractivity contribution >= 4 is 0 Å². The molecule has 0 aromatic rings. The molecule has 0 aromatic carbocycles. The van der Waals surface area contributed by atoms with Gasteiger partial charge in [0.2, 0.25) is 0 Å². The molecule has 0 aromatic heterocycles. The maximum Gasteiger partial charge on any atom is 0.0594 e. The quantitative estimate of drug-likeness (QED) is 0.263. The molecule has 0 unspecified atom stereocenters. The minimum absolute atomic E-state index is 0.0702. The summed E-state index contributed by atoms with van der Waals surface area (Å²) < 4.78 is 5.47. The molecule has 0 aliphatic rings. The highest BCUT2D eigenvalue weighted by molar-refractivity contribution is 4.57. The zero-order valence-electron chi connectivity index (χ0n) is 11.6. The molecule has 19 heavy (non-hydrogen) atoms. The molecule has 0 aliphatic carbocycles. The van der Waals surface area contributed by atoms with E-state index in [4.69, 9.17) is 25.2 Å². The minimum Gasteiger partial charge on any atom is -0.395 e. The summed E-state index contributed by atoms with van der Waals surface area (Å²) in [6.45, 7) is 4.82. The first-order valence-corrected chi connectivity index (χ1v) is 6.74. The van der Waals surface area contributed by atoms with Crippen LogP contribution in [0, 0.1) is 0 Å². The minimum atomic E-state index is 0.0702. The van der Waals surface area contributed by atoms with Crippen LogP contribution in [0.3, 0.4) is 0 Å². The Balaban J connectivity index is 3.59. The topological polar surface area (TPSA) is 96.6 Å². The van der Waals surface area contributed by atoms with Crippen molar-refractivity contribution in [1.82, 2.24) is 9.80 Å². The third-order valence-electron chi connectivity index (χ3n) is 2.77. The number of rotatable bonds is 14. The molecule has 0 spiro atoms. The SMILES string of the molecule is OCCN(CCO)CCOCCN(CCO)CCO. The van der Waals surface area contributed by atoms with Crippen LogP contribution in [0.1, 0.15) is 0 Å². The molecule has 0 saturated heterocycles. The first-order chi connectivity index (χ1) is 9.28. The number of hydrogen-bond acceptors (Lipinski definition) is 7. The van der Waals surface area contributed by atoms with Gasteiger partial charge in [0.05, 0.1) is 39.6 Å². The van der Waals surface area contributed by atoms with Crippen molar-refractivity contribution in [2.75, 3.05) is 78.9 Å². The van der Waals surface area contributed by atoms with Crippen molar-refractivity contribution in [3.8, 4) is 0 Å². The lowest BCUT2D eigenvalue weighted by Crippen LogP contribution is -2.35. The number of ether oxygens (including phenoxy) is 1. The van der Waals surface area contributed by atoms with Crippen LogP contribution in [0.4, 0.5) is 0 Å². The fraction of sp³-hybridized carbons (Fsp3) is 1.00. The van der Waals surface area contributed by atoms with Gasteiger partial charge >= 0.3 is 0 Å². The molecule has 0 heterocycles. The summed E-state index contributed by atoms with van der Waals surface area (Å²) in [5.41, 5.74) is 0. The summed E-state index contributed by atoms with van der Waals surface area (Å²) in [4.78, 5) is 3.86. The van der Waals surface area contributed by atoms with E-state index in [0.717, 1.165) is 0 Å². The summed E-state index contributed by atoms with van der Waals surface area (Å²) in [6, 6.07) is 0. The monoisotopic (exact) mass is 280 g/mol. The molecule has 7 nitrogen and oxygen atoms in total. The molecule has 7 heteroatoms. The first-order valence-electron chi connectivity index (χ1n) is 6.74.